The van der Waals surface area contributed by atoms with Gasteiger partial charge in [0.2, 0.25) is 0 Å². The molecule has 1 atom stereocenters. The van der Waals surface area contributed by atoms with Crippen molar-refractivity contribution in [3.8, 4) is 0 Å². The van der Waals surface area contributed by atoms with Gasteiger partial charge in [0, 0.05) is 19.1 Å². The minimum Gasteiger partial charge on any atom is -0.361 e. The van der Waals surface area contributed by atoms with E-state index in [0.29, 0.717) is 11.9 Å². The summed E-state index contributed by atoms with van der Waals surface area (Å²) in [5, 5.41) is 3.12. The molecule has 2 aliphatic heterocycles. The minimum atomic E-state index is 0.0891. The molecular formula is C11H19N3O. The summed E-state index contributed by atoms with van der Waals surface area (Å²) in [6, 6.07) is 0.313. The number of hydrogen-bond donors (Lipinski definition) is 1. The van der Waals surface area contributed by atoms with Crippen LogP contribution in [-0.4, -0.2) is 42.3 Å². The molecule has 1 N–H and O–H groups in total. The van der Waals surface area contributed by atoms with Crippen LogP contribution in [-0.2, 0) is 4.79 Å². The first-order chi connectivity index (χ1) is 7.16. The second kappa shape index (κ2) is 4.21. The van der Waals surface area contributed by atoms with E-state index in [-0.39, 0.29) is 5.91 Å². The molecule has 1 fully saturated rings. The molecule has 0 aromatic heterocycles. The van der Waals surface area contributed by atoms with Gasteiger partial charge in [-0.3, -0.25) is 9.79 Å². The zero-order chi connectivity index (χ0) is 10.8. The van der Waals surface area contributed by atoms with Gasteiger partial charge >= 0.3 is 0 Å². The first-order valence-electron chi connectivity index (χ1n) is 5.77. The van der Waals surface area contributed by atoms with E-state index in [4.69, 9.17) is 0 Å². The molecule has 0 spiro atoms. The second-order valence-electron chi connectivity index (χ2n) is 4.71. The van der Waals surface area contributed by atoms with Crippen molar-refractivity contribution in [3.05, 3.63) is 0 Å². The molecule has 1 amide bonds. The Morgan fingerprint density at radius 2 is 2.07 bits per heavy atom. The van der Waals surface area contributed by atoms with Gasteiger partial charge in [0.25, 0.3) is 5.91 Å². The molecule has 1 saturated heterocycles. The van der Waals surface area contributed by atoms with Gasteiger partial charge < -0.3 is 10.2 Å². The van der Waals surface area contributed by atoms with Crippen molar-refractivity contribution in [1.82, 2.24) is 10.2 Å². The monoisotopic (exact) mass is 209 g/mol. The summed E-state index contributed by atoms with van der Waals surface area (Å²) in [5.41, 5.74) is 0. The summed E-state index contributed by atoms with van der Waals surface area (Å²) in [4.78, 5) is 18.1. The highest BCUT2D eigenvalue weighted by Crippen LogP contribution is 2.16. The zero-order valence-corrected chi connectivity index (χ0v) is 9.49. The van der Waals surface area contributed by atoms with Crippen molar-refractivity contribution >= 4 is 11.7 Å². The van der Waals surface area contributed by atoms with E-state index < -0.39 is 0 Å². The summed E-state index contributed by atoms with van der Waals surface area (Å²) in [6.07, 6.45) is 2.24. The maximum Gasteiger partial charge on any atom is 0.288 e. The van der Waals surface area contributed by atoms with Crippen LogP contribution >= 0.6 is 0 Å². The van der Waals surface area contributed by atoms with E-state index in [1.807, 2.05) is 11.8 Å². The largest absolute Gasteiger partial charge is 0.361 e. The molecular weight excluding hydrogens is 190 g/mol. The van der Waals surface area contributed by atoms with Crippen LogP contribution in [0.3, 0.4) is 0 Å². The molecule has 4 heteroatoms. The lowest BCUT2D eigenvalue weighted by Gasteiger charge is -2.30. The van der Waals surface area contributed by atoms with Crippen molar-refractivity contribution < 1.29 is 4.79 Å². The molecule has 0 aromatic carbocycles. The maximum absolute atomic E-state index is 12.0. The SMILES string of the molecule is CC1CCN(C(=O)C2=NCC(C)N2)CC1. The number of carbonyl (C=O) groups is 1. The van der Waals surface area contributed by atoms with Crippen LogP contribution in [0.2, 0.25) is 0 Å². The third kappa shape index (κ3) is 2.30. The molecule has 0 aromatic rings. The van der Waals surface area contributed by atoms with E-state index in [0.717, 1.165) is 38.4 Å². The van der Waals surface area contributed by atoms with Gasteiger partial charge in [-0.15, -0.1) is 0 Å². The van der Waals surface area contributed by atoms with Crippen LogP contribution in [0.15, 0.2) is 4.99 Å². The Morgan fingerprint density at radius 3 is 2.60 bits per heavy atom. The van der Waals surface area contributed by atoms with E-state index in [1.54, 1.807) is 0 Å². The summed E-state index contributed by atoms with van der Waals surface area (Å²) in [6.45, 7) is 6.78. The molecule has 15 heavy (non-hydrogen) atoms. The van der Waals surface area contributed by atoms with E-state index in [1.165, 1.54) is 0 Å². The Labute approximate surface area is 90.7 Å². The van der Waals surface area contributed by atoms with Gasteiger partial charge in [0.1, 0.15) is 0 Å². The number of nitrogens with one attached hydrogen (secondary N) is 1. The normalized spacial score (nSPS) is 27.5. The van der Waals surface area contributed by atoms with Crippen LogP contribution in [0, 0.1) is 5.92 Å². The number of hydrogen-bond acceptors (Lipinski definition) is 3. The zero-order valence-electron chi connectivity index (χ0n) is 9.49. The fourth-order valence-electron chi connectivity index (χ4n) is 2.04. The smallest absolute Gasteiger partial charge is 0.288 e. The van der Waals surface area contributed by atoms with E-state index in [2.05, 4.69) is 17.2 Å². The molecule has 0 aliphatic carbocycles. The minimum absolute atomic E-state index is 0.0891. The van der Waals surface area contributed by atoms with Crippen molar-refractivity contribution in [2.75, 3.05) is 19.6 Å². The van der Waals surface area contributed by atoms with Gasteiger partial charge in [0.05, 0.1) is 6.54 Å². The molecule has 0 saturated carbocycles. The van der Waals surface area contributed by atoms with Crippen molar-refractivity contribution in [1.29, 1.82) is 0 Å². The summed E-state index contributed by atoms with van der Waals surface area (Å²) < 4.78 is 0. The molecule has 2 heterocycles. The number of likely N-dealkylation sites (tertiary alicyclic amines) is 1. The van der Waals surface area contributed by atoms with E-state index in [9.17, 15) is 4.79 Å². The highest BCUT2D eigenvalue weighted by Gasteiger charge is 2.26. The topological polar surface area (TPSA) is 44.7 Å². The molecule has 1 unspecified atom stereocenters. The lowest BCUT2D eigenvalue weighted by atomic mass is 9.99. The molecule has 2 rings (SSSR count). The summed E-state index contributed by atoms with van der Waals surface area (Å²) in [7, 11) is 0. The number of rotatable bonds is 1. The lowest BCUT2D eigenvalue weighted by Crippen LogP contribution is -2.46. The predicted molar refractivity (Wildman–Crippen MR) is 59.9 cm³/mol. The van der Waals surface area contributed by atoms with Gasteiger partial charge in [-0.2, -0.15) is 0 Å². The molecule has 0 radical (unpaired) electrons. The Hall–Kier alpha value is -1.06. The molecule has 0 bridgehead atoms. The maximum atomic E-state index is 12.0. The number of amidine groups is 1. The average Bonchev–Trinajstić information content (AvgIpc) is 2.65. The fraction of sp³-hybridized carbons (Fsp3) is 0.818. The number of aliphatic imine (C=N–C) groups is 1. The number of amides is 1. The van der Waals surface area contributed by atoms with Crippen LogP contribution in [0.1, 0.15) is 26.7 Å². The highest BCUT2D eigenvalue weighted by atomic mass is 16.2. The quantitative estimate of drug-likeness (QED) is 0.688. The van der Waals surface area contributed by atoms with Crippen LogP contribution in [0.25, 0.3) is 0 Å². The highest BCUT2D eigenvalue weighted by molar-refractivity contribution is 6.38. The lowest BCUT2D eigenvalue weighted by molar-refractivity contribution is -0.125. The second-order valence-corrected chi connectivity index (χ2v) is 4.71. The molecule has 2 aliphatic rings. The van der Waals surface area contributed by atoms with Crippen LogP contribution < -0.4 is 5.32 Å². The van der Waals surface area contributed by atoms with Crippen LogP contribution in [0.5, 0.6) is 0 Å². The van der Waals surface area contributed by atoms with E-state index >= 15 is 0 Å². The Kier molecular flexibility index (Phi) is 2.93. The number of piperidine rings is 1. The predicted octanol–water partition coefficient (Wildman–Crippen LogP) is 0.635. The Morgan fingerprint density at radius 1 is 1.40 bits per heavy atom. The van der Waals surface area contributed by atoms with Crippen molar-refractivity contribution in [2.24, 2.45) is 10.9 Å². The fourth-order valence-corrected chi connectivity index (χ4v) is 2.04. The van der Waals surface area contributed by atoms with Gasteiger partial charge in [-0.1, -0.05) is 6.92 Å². The van der Waals surface area contributed by atoms with Gasteiger partial charge in [0.15, 0.2) is 5.84 Å². The first kappa shape index (κ1) is 10.5. The van der Waals surface area contributed by atoms with Crippen molar-refractivity contribution in [3.63, 3.8) is 0 Å². The summed E-state index contributed by atoms with van der Waals surface area (Å²) in [5.74, 6) is 1.41. The van der Waals surface area contributed by atoms with Gasteiger partial charge in [-0.05, 0) is 25.7 Å². The van der Waals surface area contributed by atoms with Gasteiger partial charge in [-0.25, -0.2) is 0 Å². The summed E-state index contributed by atoms with van der Waals surface area (Å²) >= 11 is 0. The number of carbonyl (C=O) groups excluding carboxylic acids is 1. The Bertz CT molecular complexity index is 280. The Balaban J connectivity index is 1.91. The third-order valence-corrected chi connectivity index (χ3v) is 3.18. The first-order valence-corrected chi connectivity index (χ1v) is 5.77. The average molecular weight is 209 g/mol. The standard InChI is InChI=1S/C11H19N3O/c1-8-3-5-14(6-4-8)11(15)10-12-7-9(2)13-10/h8-9H,3-7H2,1-2H3,(H,12,13). The number of nitrogens with zero attached hydrogens (tertiary/aromatic N) is 2. The molecule has 4 nitrogen and oxygen atoms in total. The molecule has 84 valence electrons. The third-order valence-electron chi connectivity index (χ3n) is 3.18. The van der Waals surface area contributed by atoms with Crippen molar-refractivity contribution in [2.45, 2.75) is 32.7 Å². The van der Waals surface area contributed by atoms with Crippen LogP contribution in [0.4, 0.5) is 0 Å².